The second kappa shape index (κ2) is 9.95. The molecule has 29 heavy (non-hydrogen) atoms. The number of allylic oxidation sites excluding steroid dienone is 1. The lowest BCUT2D eigenvalue weighted by atomic mass is 10.3. The van der Waals surface area contributed by atoms with Crippen molar-refractivity contribution in [1.82, 2.24) is 0 Å². The van der Waals surface area contributed by atoms with Gasteiger partial charge in [-0.15, -0.1) is 0 Å². The molecule has 0 aliphatic heterocycles. The fourth-order valence-electron chi connectivity index (χ4n) is 3.41. The second-order valence-corrected chi connectivity index (χ2v) is 10.0. The van der Waals surface area contributed by atoms with E-state index in [0.717, 1.165) is 15.9 Å². The SMILES string of the molecule is CCOC(=O)C=CC(=O)C[P+](c1ccccc1)(c1ccccc1)c1ccccc1. The number of hydrogen-bond acceptors (Lipinski definition) is 3. The molecule has 4 heteroatoms. The van der Waals surface area contributed by atoms with Crippen LogP contribution >= 0.6 is 7.26 Å². The van der Waals surface area contributed by atoms with Crippen LogP contribution in [0.5, 0.6) is 0 Å². The molecule has 0 amide bonds. The summed E-state index contributed by atoms with van der Waals surface area (Å²) in [6, 6.07) is 30.6. The summed E-state index contributed by atoms with van der Waals surface area (Å²) in [5.41, 5.74) is 0. The number of rotatable bonds is 8. The highest BCUT2D eigenvalue weighted by atomic mass is 31.2. The summed E-state index contributed by atoms with van der Waals surface area (Å²) in [6.45, 7) is 2.02. The fraction of sp³-hybridized carbons (Fsp3) is 0.120. The number of hydrogen-bond donors (Lipinski definition) is 0. The highest BCUT2D eigenvalue weighted by molar-refractivity contribution is 7.96. The first-order valence-corrected chi connectivity index (χ1v) is 11.6. The number of carbonyl (C=O) groups excluding carboxylic acids is 2. The van der Waals surface area contributed by atoms with Gasteiger partial charge in [-0.2, -0.15) is 0 Å². The predicted molar refractivity (Wildman–Crippen MR) is 121 cm³/mol. The molecular formula is C25H24O3P+. The van der Waals surface area contributed by atoms with Crippen LogP contribution in [0.1, 0.15) is 6.92 Å². The molecule has 3 aromatic carbocycles. The predicted octanol–water partition coefficient (Wildman–Crippen LogP) is 3.67. The molecular weight excluding hydrogens is 379 g/mol. The van der Waals surface area contributed by atoms with E-state index in [1.807, 2.05) is 54.6 Å². The molecule has 3 aromatic rings. The van der Waals surface area contributed by atoms with Gasteiger partial charge in [-0.3, -0.25) is 4.79 Å². The van der Waals surface area contributed by atoms with E-state index in [0.29, 0.717) is 6.16 Å². The molecule has 3 rings (SSSR count). The van der Waals surface area contributed by atoms with E-state index in [4.69, 9.17) is 4.74 Å². The summed E-state index contributed by atoms with van der Waals surface area (Å²) < 4.78 is 4.91. The van der Waals surface area contributed by atoms with Crippen LogP contribution in [0, 0.1) is 0 Å². The van der Waals surface area contributed by atoms with Gasteiger partial charge in [0.2, 0.25) is 0 Å². The van der Waals surface area contributed by atoms with E-state index >= 15 is 0 Å². The summed E-state index contributed by atoms with van der Waals surface area (Å²) in [5.74, 6) is -0.591. The maximum absolute atomic E-state index is 13.0. The van der Waals surface area contributed by atoms with Crippen LogP contribution in [0.25, 0.3) is 0 Å². The molecule has 146 valence electrons. The van der Waals surface area contributed by atoms with Crippen LogP contribution in [-0.4, -0.2) is 24.5 Å². The monoisotopic (exact) mass is 403 g/mol. The van der Waals surface area contributed by atoms with E-state index in [1.165, 1.54) is 12.2 Å². The Bertz CT molecular complexity index is 870. The molecule has 0 aromatic heterocycles. The normalized spacial score (nSPS) is 11.3. The third-order valence-electron chi connectivity index (χ3n) is 4.68. The third-order valence-corrected chi connectivity index (χ3v) is 9.00. The molecule has 0 saturated carbocycles. The molecule has 0 bridgehead atoms. The Hall–Kier alpha value is -3.03. The lowest BCUT2D eigenvalue weighted by molar-refractivity contribution is -0.137. The Labute approximate surface area is 172 Å². The first-order valence-electron chi connectivity index (χ1n) is 9.59. The number of benzene rings is 3. The van der Waals surface area contributed by atoms with Crippen molar-refractivity contribution in [2.75, 3.05) is 12.8 Å². The minimum Gasteiger partial charge on any atom is -0.463 e. The summed E-state index contributed by atoms with van der Waals surface area (Å²) in [7, 11) is -2.24. The van der Waals surface area contributed by atoms with Crippen molar-refractivity contribution < 1.29 is 14.3 Å². The van der Waals surface area contributed by atoms with Gasteiger partial charge in [-0.1, -0.05) is 54.6 Å². The zero-order valence-corrected chi connectivity index (χ0v) is 17.3. The van der Waals surface area contributed by atoms with Crippen molar-refractivity contribution >= 4 is 34.9 Å². The molecule has 0 saturated heterocycles. The quantitative estimate of drug-likeness (QED) is 0.328. The van der Waals surface area contributed by atoms with Crippen LogP contribution in [0.15, 0.2) is 103 Å². The van der Waals surface area contributed by atoms with E-state index in [1.54, 1.807) is 6.92 Å². The van der Waals surface area contributed by atoms with Crippen molar-refractivity contribution in [3.05, 3.63) is 103 Å². The van der Waals surface area contributed by atoms with Crippen molar-refractivity contribution in [3.63, 3.8) is 0 Å². The Balaban J connectivity index is 2.13. The molecule has 0 unspecified atom stereocenters. The van der Waals surface area contributed by atoms with Crippen LogP contribution < -0.4 is 15.9 Å². The van der Waals surface area contributed by atoms with Gasteiger partial charge in [-0.05, 0) is 49.4 Å². The van der Waals surface area contributed by atoms with Gasteiger partial charge in [0.05, 0.1) is 6.61 Å². The summed E-state index contributed by atoms with van der Waals surface area (Å²) >= 11 is 0. The number of ether oxygens (including phenoxy) is 1. The van der Waals surface area contributed by atoms with Gasteiger partial charge >= 0.3 is 5.97 Å². The minimum absolute atomic E-state index is 0.0945. The van der Waals surface area contributed by atoms with Crippen molar-refractivity contribution in [2.24, 2.45) is 0 Å². The summed E-state index contributed by atoms with van der Waals surface area (Å²) in [4.78, 5) is 24.7. The molecule has 0 spiro atoms. The van der Waals surface area contributed by atoms with Gasteiger partial charge in [0, 0.05) is 6.08 Å². The van der Waals surface area contributed by atoms with Gasteiger partial charge in [-0.25, -0.2) is 4.79 Å². The molecule has 0 radical (unpaired) electrons. The minimum atomic E-state index is -2.24. The van der Waals surface area contributed by atoms with Crippen molar-refractivity contribution in [1.29, 1.82) is 0 Å². The molecule has 3 nitrogen and oxygen atoms in total. The van der Waals surface area contributed by atoms with Crippen molar-refractivity contribution in [2.45, 2.75) is 6.92 Å². The van der Waals surface area contributed by atoms with Gasteiger partial charge in [0.25, 0.3) is 0 Å². The lowest BCUT2D eigenvalue weighted by Crippen LogP contribution is -2.35. The molecule has 0 N–H and O–H groups in total. The van der Waals surface area contributed by atoms with E-state index in [2.05, 4.69) is 36.4 Å². The Morgan fingerprint density at radius 3 is 1.52 bits per heavy atom. The topological polar surface area (TPSA) is 43.4 Å². The van der Waals surface area contributed by atoms with E-state index in [9.17, 15) is 9.59 Å². The lowest BCUT2D eigenvalue weighted by Gasteiger charge is -2.26. The smallest absolute Gasteiger partial charge is 0.330 e. The Kier molecular flexibility index (Phi) is 7.10. The third kappa shape index (κ3) is 4.88. The van der Waals surface area contributed by atoms with E-state index < -0.39 is 13.2 Å². The molecule has 0 atom stereocenters. The first-order chi connectivity index (χ1) is 14.2. The molecule has 0 aliphatic rings. The van der Waals surface area contributed by atoms with Crippen LogP contribution in [0.4, 0.5) is 0 Å². The molecule has 0 aliphatic carbocycles. The second-order valence-electron chi connectivity index (χ2n) is 6.53. The summed E-state index contributed by atoms with van der Waals surface area (Å²) in [6.07, 6.45) is 2.88. The molecule has 0 heterocycles. The highest BCUT2D eigenvalue weighted by Crippen LogP contribution is 2.55. The largest absolute Gasteiger partial charge is 0.463 e. The van der Waals surface area contributed by atoms with Crippen LogP contribution in [0.2, 0.25) is 0 Å². The Morgan fingerprint density at radius 2 is 1.14 bits per heavy atom. The Morgan fingerprint density at radius 1 is 0.724 bits per heavy atom. The average Bonchev–Trinajstić information content (AvgIpc) is 2.78. The first kappa shape index (κ1) is 20.7. The van der Waals surface area contributed by atoms with Gasteiger partial charge < -0.3 is 4.74 Å². The number of esters is 1. The number of carbonyl (C=O) groups is 2. The molecule has 0 fully saturated rings. The number of ketones is 1. The van der Waals surface area contributed by atoms with Crippen molar-refractivity contribution in [3.8, 4) is 0 Å². The fourth-order valence-corrected chi connectivity index (χ4v) is 7.46. The van der Waals surface area contributed by atoms with Gasteiger partial charge in [0.15, 0.2) is 5.78 Å². The van der Waals surface area contributed by atoms with E-state index in [-0.39, 0.29) is 12.4 Å². The zero-order chi connectivity index (χ0) is 20.5. The standard InChI is InChI=1S/C25H24O3P/c1-2-28-25(27)19-18-21(26)20-29(22-12-6-3-7-13-22,23-14-8-4-9-15-23)24-16-10-5-11-17-24/h3-19H,2,20H2,1H3/q+1. The zero-order valence-electron chi connectivity index (χ0n) is 16.4. The highest BCUT2D eigenvalue weighted by Gasteiger charge is 2.46. The van der Waals surface area contributed by atoms with Crippen LogP contribution in [0.3, 0.4) is 0 Å². The maximum atomic E-state index is 13.0. The van der Waals surface area contributed by atoms with Gasteiger partial charge in [0.1, 0.15) is 29.3 Å². The average molecular weight is 403 g/mol. The maximum Gasteiger partial charge on any atom is 0.330 e. The van der Waals surface area contributed by atoms with Crippen LogP contribution in [-0.2, 0) is 14.3 Å². The summed E-state index contributed by atoms with van der Waals surface area (Å²) in [5, 5.41) is 3.40.